The number of carbonyl (C=O) groups excluding carboxylic acids is 2. The largest absolute Gasteiger partial charge is 0.496 e. The fourth-order valence-electron chi connectivity index (χ4n) is 4.20. The van der Waals surface area contributed by atoms with Crippen LogP contribution in [0.4, 0.5) is 0 Å². The minimum atomic E-state index is -0.129. The van der Waals surface area contributed by atoms with Gasteiger partial charge in [-0.15, -0.1) is 0 Å². The molecular formula is C24H26N2O3. The Hall–Kier alpha value is -3.08. The Balaban J connectivity index is 1.79. The molecule has 0 aromatic heterocycles. The highest BCUT2D eigenvalue weighted by atomic mass is 16.5. The summed E-state index contributed by atoms with van der Waals surface area (Å²) in [6.45, 7) is 1.99. The molecule has 1 saturated heterocycles. The Morgan fingerprint density at radius 1 is 0.828 bits per heavy atom. The Labute approximate surface area is 171 Å². The third-order valence-electron chi connectivity index (χ3n) is 5.69. The van der Waals surface area contributed by atoms with E-state index in [1.165, 1.54) is 0 Å². The molecule has 2 aliphatic heterocycles. The number of piperidine rings is 1. The lowest BCUT2D eigenvalue weighted by atomic mass is 10.0. The monoisotopic (exact) mass is 390 g/mol. The summed E-state index contributed by atoms with van der Waals surface area (Å²) < 4.78 is 5.55. The molecule has 2 amide bonds. The minimum absolute atomic E-state index is 0.0487. The second-order valence-electron chi connectivity index (χ2n) is 7.45. The molecular weight excluding hydrogens is 364 g/mol. The van der Waals surface area contributed by atoms with Crippen LogP contribution in [0.15, 0.2) is 60.3 Å². The third-order valence-corrected chi connectivity index (χ3v) is 5.69. The van der Waals surface area contributed by atoms with Crippen molar-refractivity contribution < 1.29 is 14.3 Å². The quantitative estimate of drug-likeness (QED) is 0.794. The van der Waals surface area contributed by atoms with Crippen molar-refractivity contribution in [3.05, 3.63) is 71.4 Å². The van der Waals surface area contributed by atoms with Gasteiger partial charge in [0.25, 0.3) is 11.8 Å². The third kappa shape index (κ3) is 3.77. The molecule has 2 aromatic rings. The zero-order chi connectivity index (χ0) is 20.2. The van der Waals surface area contributed by atoms with Gasteiger partial charge in [-0.25, -0.2) is 0 Å². The lowest BCUT2D eigenvalue weighted by Crippen LogP contribution is -2.42. The summed E-state index contributed by atoms with van der Waals surface area (Å²) >= 11 is 0. The summed E-state index contributed by atoms with van der Waals surface area (Å²) in [5.41, 5.74) is 2.88. The molecule has 2 heterocycles. The maximum absolute atomic E-state index is 13.6. The van der Waals surface area contributed by atoms with Gasteiger partial charge in [0, 0.05) is 30.8 Å². The van der Waals surface area contributed by atoms with Crippen molar-refractivity contribution in [3.8, 4) is 5.75 Å². The summed E-state index contributed by atoms with van der Waals surface area (Å²) in [6, 6.07) is 16.9. The fourth-order valence-corrected chi connectivity index (χ4v) is 4.20. The van der Waals surface area contributed by atoms with E-state index in [0.29, 0.717) is 24.2 Å². The summed E-state index contributed by atoms with van der Waals surface area (Å²) in [5, 5.41) is 0. The topological polar surface area (TPSA) is 49.9 Å². The Morgan fingerprint density at radius 3 is 2.24 bits per heavy atom. The second-order valence-corrected chi connectivity index (χ2v) is 7.45. The molecule has 0 spiro atoms. The molecule has 0 aliphatic carbocycles. The van der Waals surface area contributed by atoms with E-state index in [2.05, 4.69) is 0 Å². The Kier molecular flexibility index (Phi) is 5.65. The first kappa shape index (κ1) is 19.2. The van der Waals surface area contributed by atoms with Gasteiger partial charge in [0.1, 0.15) is 11.4 Å². The van der Waals surface area contributed by atoms with Crippen LogP contribution < -0.4 is 4.74 Å². The number of ether oxygens (including phenoxy) is 1. The van der Waals surface area contributed by atoms with Crippen LogP contribution in [0.3, 0.4) is 0 Å². The van der Waals surface area contributed by atoms with Gasteiger partial charge in [0.05, 0.1) is 7.11 Å². The van der Waals surface area contributed by atoms with Crippen LogP contribution in [-0.2, 0) is 4.79 Å². The van der Waals surface area contributed by atoms with Gasteiger partial charge >= 0.3 is 0 Å². The van der Waals surface area contributed by atoms with E-state index in [9.17, 15) is 9.59 Å². The summed E-state index contributed by atoms with van der Waals surface area (Å²) in [4.78, 5) is 30.4. The molecule has 0 N–H and O–H groups in total. The first-order chi connectivity index (χ1) is 14.2. The first-order valence-corrected chi connectivity index (χ1v) is 10.2. The first-order valence-electron chi connectivity index (χ1n) is 10.2. The molecule has 4 rings (SSSR count). The predicted molar refractivity (Wildman–Crippen MR) is 112 cm³/mol. The molecule has 150 valence electrons. The molecule has 0 atom stereocenters. The van der Waals surface area contributed by atoms with Gasteiger partial charge in [0.2, 0.25) is 0 Å². The van der Waals surface area contributed by atoms with Crippen molar-refractivity contribution in [2.75, 3.05) is 26.7 Å². The number of benzene rings is 2. The predicted octanol–water partition coefficient (Wildman–Crippen LogP) is 3.96. The van der Waals surface area contributed by atoms with E-state index in [1.807, 2.05) is 47.4 Å². The number of para-hydroxylation sites is 1. The van der Waals surface area contributed by atoms with E-state index in [1.54, 1.807) is 24.1 Å². The van der Waals surface area contributed by atoms with Crippen LogP contribution in [-0.4, -0.2) is 48.4 Å². The zero-order valence-electron chi connectivity index (χ0n) is 16.8. The smallest absolute Gasteiger partial charge is 0.270 e. The SMILES string of the molecule is COc1ccccc1C1=C(C(=O)N2CCCCC2)N(C(=O)c2ccccc2)CC1. The summed E-state index contributed by atoms with van der Waals surface area (Å²) in [6.07, 6.45) is 3.80. The maximum Gasteiger partial charge on any atom is 0.270 e. The van der Waals surface area contributed by atoms with Gasteiger partial charge in [-0.05, 0) is 49.5 Å². The number of nitrogens with zero attached hydrogens (tertiary/aromatic N) is 2. The van der Waals surface area contributed by atoms with E-state index in [0.717, 1.165) is 49.2 Å². The van der Waals surface area contributed by atoms with Gasteiger partial charge < -0.3 is 14.5 Å². The number of hydrogen-bond acceptors (Lipinski definition) is 3. The molecule has 1 fully saturated rings. The lowest BCUT2D eigenvalue weighted by molar-refractivity contribution is -0.129. The number of methoxy groups -OCH3 is 1. The fraction of sp³-hybridized carbons (Fsp3) is 0.333. The van der Waals surface area contributed by atoms with Crippen LogP contribution in [0.2, 0.25) is 0 Å². The van der Waals surface area contributed by atoms with Gasteiger partial charge in [-0.2, -0.15) is 0 Å². The molecule has 29 heavy (non-hydrogen) atoms. The van der Waals surface area contributed by atoms with Crippen molar-refractivity contribution in [2.24, 2.45) is 0 Å². The molecule has 0 unspecified atom stereocenters. The lowest BCUT2D eigenvalue weighted by Gasteiger charge is -2.30. The van der Waals surface area contributed by atoms with E-state index >= 15 is 0 Å². The molecule has 2 aromatic carbocycles. The highest BCUT2D eigenvalue weighted by Crippen LogP contribution is 2.38. The van der Waals surface area contributed by atoms with Gasteiger partial charge in [-0.1, -0.05) is 36.4 Å². The van der Waals surface area contributed by atoms with E-state index < -0.39 is 0 Å². The van der Waals surface area contributed by atoms with Crippen molar-refractivity contribution in [1.29, 1.82) is 0 Å². The molecule has 0 bridgehead atoms. The minimum Gasteiger partial charge on any atom is -0.496 e. The van der Waals surface area contributed by atoms with Crippen LogP contribution in [0.5, 0.6) is 5.75 Å². The van der Waals surface area contributed by atoms with Crippen LogP contribution in [0, 0.1) is 0 Å². The van der Waals surface area contributed by atoms with Crippen molar-refractivity contribution >= 4 is 17.4 Å². The average Bonchev–Trinajstić information content (AvgIpc) is 3.24. The number of rotatable bonds is 4. The number of likely N-dealkylation sites (tertiary alicyclic amines) is 1. The highest BCUT2D eigenvalue weighted by Gasteiger charge is 2.36. The van der Waals surface area contributed by atoms with E-state index in [4.69, 9.17) is 4.74 Å². The van der Waals surface area contributed by atoms with Gasteiger partial charge in [-0.3, -0.25) is 9.59 Å². The van der Waals surface area contributed by atoms with Gasteiger partial charge in [0.15, 0.2) is 0 Å². The van der Waals surface area contributed by atoms with E-state index in [-0.39, 0.29) is 11.8 Å². The van der Waals surface area contributed by atoms with Crippen LogP contribution in [0.25, 0.3) is 5.57 Å². The molecule has 0 saturated carbocycles. The maximum atomic E-state index is 13.6. The Morgan fingerprint density at radius 2 is 1.52 bits per heavy atom. The van der Waals surface area contributed by atoms with Crippen LogP contribution in [0.1, 0.15) is 41.6 Å². The number of carbonyl (C=O) groups is 2. The van der Waals surface area contributed by atoms with Crippen molar-refractivity contribution in [3.63, 3.8) is 0 Å². The summed E-state index contributed by atoms with van der Waals surface area (Å²) in [7, 11) is 1.63. The van der Waals surface area contributed by atoms with Crippen molar-refractivity contribution in [1.82, 2.24) is 9.80 Å². The standard InChI is InChI=1S/C24H26N2O3/c1-29-21-13-7-6-12-19(21)20-14-17-26(23(27)18-10-4-2-5-11-18)22(20)24(28)25-15-8-3-9-16-25/h2,4-7,10-13H,3,8-9,14-17H2,1H3. The average molecular weight is 390 g/mol. The molecule has 2 aliphatic rings. The second kappa shape index (κ2) is 8.52. The zero-order valence-corrected chi connectivity index (χ0v) is 16.8. The number of hydrogen-bond donors (Lipinski definition) is 0. The normalized spacial score (nSPS) is 16.9. The molecule has 0 radical (unpaired) electrons. The highest BCUT2D eigenvalue weighted by molar-refractivity contribution is 6.09. The van der Waals surface area contributed by atoms with Crippen molar-refractivity contribution in [2.45, 2.75) is 25.7 Å². The Bertz CT molecular complexity index is 930. The molecule has 5 heteroatoms. The summed E-state index contributed by atoms with van der Waals surface area (Å²) in [5.74, 6) is 0.545. The molecule has 5 nitrogen and oxygen atoms in total. The number of amides is 2. The van der Waals surface area contributed by atoms with Crippen LogP contribution >= 0.6 is 0 Å².